The van der Waals surface area contributed by atoms with Crippen LogP contribution in [-0.2, 0) is 17.6 Å². The van der Waals surface area contributed by atoms with E-state index in [9.17, 15) is 4.79 Å². The molecule has 0 unspecified atom stereocenters. The first kappa shape index (κ1) is 17.6. The maximum Gasteiger partial charge on any atom is 0.223 e. The van der Waals surface area contributed by atoms with E-state index >= 15 is 0 Å². The summed E-state index contributed by atoms with van der Waals surface area (Å²) in [6.45, 7) is 5.36. The number of aryl methyl sites for hydroxylation is 2. The number of nitrogens with zero attached hydrogens (tertiary/aromatic N) is 1. The van der Waals surface area contributed by atoms with Crippen LogP contribution >= 0.6 is 0 Å². The molecule has 1 aliphatic rings. The Balaban J connectivity index is 1.35. The third-order valence-electron chi connectivity index (χ3n) is 5.34. The molecule has 5 heteroatoms. The predicted octanol–water partition coefficient (Wildman–Crippen LogP) is 3.48. The summed E-state index contributed by atoms with van der Waals surface area (Å²) in [7, 11) is 0. The van der Waals surface area contributed by atoms with Gasteiger partial charge in [0.25, 0.3) is 0 Å². The van der Waals surface area contributed by atoms with E-state index in [4.69, 9.17) is 4.74 Å². The lowest BCUT2D eigenvalue weighted by Gasteiger charge is -2.13. The monoisotopic (exact) mass is 363 g/mol. The fraction of sp³-hybridized carbons (Fsp3) is 0.364. The van der Waals surface area contributed by atoms with Gasteiger partial charge in [0.15, 0.2) is 0 Å². The number of para-hydroxylation sites is 1. The SMILES string of the molecule is Cc1cc2nc(CCNC(=O)[C@@H]3CCOc4ccccc4C3)[nH]c2cc1C. The zero-order chi connectivity index (χ0) is 18.8. The quantitative estimate of drug-likeness (QED) is 0.746. The number of H-pyrrole nitrogens is 1. The summed E-state index contributed by atoms with van der Waals surface area (Å²) in [5.41, 5.74) is 5.64. The molecule has 3 aromatic rings. The van der Waals surface area contributed by atoms with Gasteiger partial charge >= 0.3 is 0 Å². The zero-order valence-electron chi connectivity index (χ0n) is 15.8. The molecule has 0 fully saturated rings. The number of nitrogens with one attached hydrogen (secondary N) is 2. The van der Waals surface area contributed by atoms with Gasteiger partial charge in [0.05, 0.1) is 17.6 Å². The lowest BCUT2D eigenvalue weighted by molar-refractivity contribution is -0.125. The highest BCUT2D eigenvalue weighted by Gasteiger charge is 2.23. The van der Waals surface area contributed by atoms with E-state index in [1.54, 1.807) is 0 Å². The summed E-state index contributed by atoms with van der Waals surface area (Å²) in [6, 6.07) is 12.2. The van der Waals surface area contributed by atoms with E-state index in [1.165, 1.54) is 11.1 Å². The summed E-state index contributed by atoms with van der Waals surface area (Å²) in [4.78, 5) is 20.6. The number of rotatable bonds is 4. The molecule has 1 atom stereocenters. The largest absolute Gasteiger partial charge is 0.493 e. The van der Waals surface area contributed by atoms with E-state index in [-0.39, 0.29) is 11.8 Å². The summed E-state index contributed by atoms with van der Waals surface area (Å²) in [6.07, 6.45) is 2.16. The van der Waals surface area contributed by atoms with Gasteiger partial charge in [-0.3, -0.25) is 4.79 Å². The number of carbonyl (C=O) groups is 1. The van der Waals surface area contributed by atoms with Crippen LogP contribution < -0.4 is 10.1 Å². The van der Waals surface area contributed by atoms with Gasteiger partial charge in [-0.15, -0.1) is 0 Å². The first-order valence-electron chi connectivity index (χ1n) is 9.54. The van der Waals surface area contributed by atoms with E-state index in [1.807, 2.05) is 24.3 Å². The van der Waals surface area contributed by atoms with Crippen molar-refractivity contribution in [2.75, 3.05) is 13.2 Å². The second-order valence-electron chi connectivity index (χ2n) is 7.32. The molecular weight excluding hydrogens is 338 g/mol. The second-order valence-corrected chi connectivity index (χ2v) is 7.32. The average Bonchev–Trinajstić information content (AvgIpc) is 2.90. The molecule has 0 radical (unpaired) electrons. The third-order valence-corrected chi connectivity index (χ3v) is 5.34. The Kier molecular flexibility index (Phi) is 4.84. The molecule has 0 spiro atoms. The second kappa shape index (κ2) is 7.43. The van der Waals surface area contributed by atoms with Gasteiger partial charge in [-0.25, -0.2) is 4.98 Å². The van der Waals surface area contributed by atoms with Crippen LogP contribution in [0.4, 0.5) is 0 Å². The number of hydrogen-bond acceptors (Lipinski definition) is 3. The number of fused-ring (bicyclic) bond motifs is 2. The zero-order valence-corrected chi connectivity index (χ0v) is 15.8. The number of amides is 1. The number of imidazole rings is 1. The van der Waals surface area contributed by atoms with Crippen LogP contribution in [0.3, 0.4) is 0 Å². The Morgan fingerprint density at radius 1 is 1.26 bits per heavy atom. The minimum absolute atomic E-state index is 0.0466. The van der Waals surface area contributed by atoms with Crippen molar-refractivity contribution in [2.45, 2.75) is 33.1 Å². The Hall–Kier alpha value is -2.82. The Labute approximate surface area is 159 Å². The highest BCUT2D eigenvalue weighted by Crippen LogP contribution is 2.26. The molecule has 2 N–H and O–H groups in total. The molecule has 0 saturated carbocycles. The first-order valence-corrected chi connectivity index (χ1v) is 9.54. The van der Waals surface area contributed by atoms with Crippen LogP contribution in [-0.4, -0.2) is 29.0 Å². The maximum atomic E-state index is 12.6. The minimum atomic E-state index is -0.0466. The van der Waals surface area contributed by atoms with Crippen molar-refractivity contribution in [3.05, 3.63) is 58.9 Å². The fourth-order valence-electron chi connectivity index (χ4n) is 3.60. The van der Waals surface area contributed by atoms with Gasteiger partial charge in [-0.2, -0.15) is 0 Å². The molecule has 2 heterocycles. The van der Waals surface area contributed by atoms with Gasteiger partial charge in [-0.1, -0.05) is 18.2 Å². The number of aromatic nitrogens is 2. The van der Waals surface area contributed by atoms with E-state index in [0.29, 0.717) is 19.6 Å². The molecule has 5 nitrogen and oxygen atoms in total. The number of benzene rings is 2. The smallest absolute Gasteiger partial charge is 0.223 e. The Morgan fingerprint density at radius 3 is 2.96 bits per heavy atom. The molecule has 1 aromatic heterocycles. The van der Waals surface area contributed by atoms with Crippen molar-refractivity contribution in [3.8, 4) is 5.75 Å². The summed E-state index contributed by atoms with van der Waals surface area (Å²) >= 11 is 0. The van der Waals surface area contributed by atoms with Crippen molar-refractivity contribution < 1.29 is 9.53 Å². The lowest BCUT2D eigenvalue weighted by Crippen LogP contribution is -2.33. The summed E-state index contributed by atoms with van der Waals surface area (Å²) in [5, 5.41) is 3.07. The van der Waals surface area contributed by atoms with Crippen molar-refractivity contribution in [1.29, 1.82) is 0 Å². The molecule has 2 aromatic carbocycles. The average molecular weight is 363 g/mol. The van der Waals surface area contributed by atoms with Crippen LogP contribution in [0.2, 0.25) is 0 Å². The van der Waals surface area contributed by atoms with Crippen LogP contribution in [0.25, 0.3) is 11.0 Å². The maximum absolute atomic E-state index is 12.6. The molecular formula is C22H25N3O2. The number of carbonyl (C=O) groups excluding carboxylic acids is 1. The van der Waals surface area contributed by atoms with Crippen molar-refractivity contribution in [3.63, 3.8) is 0 Å². The standard InChI is InChI=1S/C22H25N3O2/c1-14-11-18-19(12-15(14)2)25-21(24-18)7-9-23-22(26)17-8-10-27-20-6-4-3-5-16(20)13-17/h3-6,11-12,17H,7-10,13H2,1-2H3,(H,23,26)(H,24,25)/t17-/m1/s1. The van der Waals surface area contributed by atoms with Crippen LogP contribution in [0.5, 0.6) is 5.75 Å². The van der Waals surface area contributed by atoms with Crippen LogP contribution in [0.15, 0.2) is 36.4 Å². The highest BCUT2D eigenvalue weighted by molar-refractivity contribution is 5.79. The number of ether oxygens (including phenoxy) is 1. The van der Waals surface area contributed by atoms with Gasteiger partial charge in [-0.05, 0) is 61.6 Å². The topological polar surface area (TPSA) is 67.0 Å². The van der Waals surface area contributed by atoms with Crippen molar-refractivity contribution in [2.24, 2.45) is 5.92 Å². The third kappa shape index (κ3) is 3.82. The van der Waals surface area contributed by atoms with Crippen LogP contribution in [0.1, 0.15) is 28.9 Å². The van der Waals surface area contributed by atoms with Crippen molar-refractivity contribution in [1.82, 2.24) is 15.3 Å². The highest BCUT2D eigenvalue weighted by atomic mass is 16.5. The van der Waals surface area contributed by atoms with Gasteiger partial charge < -0.3 is 15.0 Å². The Morgan fingerprint density at radius 2 is 2.07 bits per heavy atom. The molecule has 4 rings (SSSR count). The van der Waals surface area contributed by atoms with Crippen molar-refractivity contribution >= 4 is 16.9 Å². The molecule has 140 valence electrons. The van der Waals surface area contributed by atoms with Crippen LogP contribution in [0, 0.1) is 19.8 Å². The van der Waals surface area contributed by atoms with E-state index < -0.39 is 0 Å². The first-order chi connectivity index (χ1) is 13.1. The normalized spacial score (nSPS) is 16.4. The molecule has 1 amide bonds. The minimum Gasteiger partial charge on any atom is -0.493 e. The molecule has 0 saturated heterocycles. The van der Waals surface area contributed by atoms with Gasteiger partial charge in [0.2, 0.25) is 5.91 Å². The number of aromatic amines is 1. The molecule has 0 aliphatic carbocycles. The van der Waals surface area contributed by atoms with Gasteiger partial charge in [0, 0.05) is 18.9 Å². The molecule has 0 bridgehead atoms. The van der Waals surface area contributed by atoms with E-state index in [2.05, 4.69) is 41.3 Å². The van der Waals surface area contributed by atoms with Gasteiger partial charge in [0.1, 0.15) is 11.6 Å². The molecule has 1 aliphatic heterocycles. The molecule has 27 heavy (non-hydrogen) atoms. The summed E-state index contributed by atoms with van der Waals surface area (Å²) < 4.78 is 5.76. The predicted molar refractivity (Wildman–Crippen MR) is 106 cm³/mol. The van der Waals surface area contributed by atoms with E-state index in [0.717, 1.165) is 41.0 Å². The lowest BCUT2D eigenvalue weighted by atomic mass is 9.96. The Bertz CT molecular complexity index is 938. The number of hydrogen-bond donors (Lipinski definition) is 2. The fourth-order valence-corrected chi connectivity index (χ4v) is 3.60. The summed E-state index contributed by atoms with van der Waals surface area (Å²) in [5.74, 6) is 1.86.